The summed E-state index contributed by atoms with van der Waals surface area (Å²) in [6.45, 7) is 2.38. The van der Waals surface area contributed by atoms with Crippen LogP contribution >= 0.6 is 0 Å². The minimum absolute atomic E-state index is 0.660. The van der Waals surface area contributed by atoms with E-state index in [0.717, 1.165) is 5.92 Å². The first-order chi connectivity index (χ1) is 8.33. The minimum atomic E-state index is 0.660. The Morgan fingerprint density at radius 3 is 3.00 bits per heavy atom. The zero-order valence-corrected chi connectivity index (χ0v) is 10.1. The van der Waals surface area contributed by atoms with Crippen molar-refractivity contribution in [2.75, 3.05) is 0 Å². The summed E-state index contributed by atoms with van der Waals surface area (Å²) < 4.78 is 0. The van der Waals surface area contributed by atoms with Crippen molar-refractivity contribution in [2.45, 2.75) is 25.7 Å². The van der Waals surface area contributed by atoms with Crippen LogP contribution in [0.25, 0.3) is 16.8 Å². The molecule has 0 aromatic heterocycles. The van der Waals surface area contributed by atoms with Crippen molar-refractivity contribution in [1.82, 2.24) is 0 Å². The summed E-state index contributed by atoms with van der Waals surface area (Å²) in [5.41, 5.74) is 4.61. The highest BCUT2D eigenvalue weighted by Crippen LogP contribution is 2.43. The predicted octanol–water partition coefficient (Wildman–Crippen LogP) is 4.53. The van der Waals surface area contributed by atoms with Gasteiger partial charge in [-0.1, -0.05) is 49.4 Å². The third-order valence-electron chi connectivity index (χ3n) is 4.31. The standard InChI is InChI=1S/C17H16/c1-11-9-14-7-5-12-3-2-4-13-6-8-15(10-11)17(14)16(12)13/h2-8,11,14H,9-10H2,1H3. The van der Waals surface area contributed by atoms with Crippen LogP contribution in [0.2, 0.25) is 0 Å². The fraction of sp³-hybridized carbons (Fsp3) is 0.294. The molecular formula is C17H16. The molecule has 0 saturated carbocycles. The third kappa shape index (κ3) is 1.24. The molecule has 0 fully saturated rings. The fourth-order valence-electron chi connectivity index (χ4n) is 3.62. The monoisotopic (exact) mass is 220 g/mol. The first-order valence-corrected chi connectivity index (χ1v) is 6.55. The van der Waals surface area contributed by atoms with Gasteiger partial charge >= 0.3 is 0 Å². The second-order valence-electron chi connectivity index (χ2n) is 5.59. The van der Waals surface area contributed by atoms with E-state index in [1.165, 1.54) is 29.2 Å². The van der Waals surface area contributed by atoms with E-state index in [-0.39, 0.29) is 0 Å². The van der Waals surface area contributed by atoms with Crippen LogP contribution in [0.5, 0.6) is 0 Å². The molecule has 0 heterocycles. The van der Waals surface area contributed by atoms with Crippen LogP contribution in [-0.2, 0) is 6.42 Å². The average Bonchev–Trinajstić information content (AvgIpc) is 2.35. The molecule has 2 aliphatic rings. The number of rotatable bonds is 0. The molecule has 0 nitrogen and oxygen atoms in total. The van der Waals surface area contributed by atoms with Gasteiger partial charge in [-0.3, -0.25) is 0 Å². The maximum Gasteiger partial charge on any atom is 0.00330 e. The molecular weight excluding hydrogens is 204 g/mol. The highest BCUT2D eigenvalue weighted by atomic mass is 14.3. The van der Waals surface area contributed by atoms with Crippen molar-refractivity contribution < 1.29 is 0 Å². The zero-order valence-electron chi connectivity index (χ0n) is 10.1. The number of allylic oxidation sites excluding steroid dienone is 1. The Labute approximate surface area is 102 Å². The van der Waals surface area contributed by atoms with Crippen molar-refractivity contribution in [2.24, 2.45) is 5.92 Å². The first kappa shape index (κ1) is 9.47. The van der Waals surface area contributed by atoms with Crippen LogP contribution < -0.4 is 0 Å². The fourth-order valence-corrected chi connectivity index (χ4v) is 3.62. The Hall–Kier alpha value is -1.56. The lowest BCUT2D eigenvalue weighted by Gasteiger charge is -2.32. The highest BCUT2D eigenvalue weighted by molar-refractivity contribution is 5.96. The van der Waals surface area contributed by atoms with Crippen molar-refractivity contribution in [3.63, 3.8) is 0 Å². The highest BCUT2D eigenvalue weighted by Gasteiger charge is 2.27. The van der Waals surface area contributed by atoms with Gasteiger partial charge < -0.3 is 0 Å². The van der Waals surface area contributed by atoms with E-state index in [1.54, 1.807) is 11.1 Å². The largest absolute Gasteiger partial charge is 0.0763 e. The van der Waals surface area contributed by atoms with Gasteiger partial charge in [0.25, 0.3) is 0 Å². The maximum atomic E-state index is 2.41. The summed E-state index contributed by atoms with van der Waals surface area (Å²) in [6, 6.07) is 11.3. The van der Waals surface area contributed by atoms with Crippen LogP contribution in [0.1, 0.15) is 36.0 Å². The Kier molecular flexibility index (Phi) is 1.80. The zero-order chi connectivity index (χ0) is 11.4. The quantitative estimate of drug-likeness (QED) is 0.611. The molecule has 0 radical (unpaired) electrons. The molecule has 0 amide bonds. The lowest BCUT2D eigenvalue weighted by Crippen LogP contribution is -2.17. The van der Waals surface area contributed by atoms with Gasteiger partial charge in [0.05, 0.1) is 0 Å². The van der Waals surface area contributed by atoms with Gasteiger partial charge in [0, 0.05) is 5.92 Å². The van der Waals surface area contributed by atoms with E-state index in [1.807, 2.05) is 0 Å². The van der Waals surface area contributed by atoms with E-state index in [0.29, 0.717) is 5.92 Å². The lowest BCUT2D eigenvalue weighted by molar-refractivity contribution is 0.473. The van der Waals surface area contributed by atoms with Gasteiger partial charge in [0.2, 0.25) is 0 Å². The van der Waals surface area contributed by atoms with Crippen LogP contribution in [0, 0.1) is 5.92 Å². The molecule has 2 aliphatic carbocycles. The normalized spacial score (nSPS) is 25.2. The second kappa shape index (κ2) is 3.22. The predicted molar refractivity (Wildman–Crippen MR) is 73.2 cm³/mol. The van der Waals surface area contributed by atoms with E-state index < -0.39 is 0 Å². The van der Waals surface area contributed by atoms with Crippen molar-refractivity contribution in [3.8, 4) is 0 Å². The maximum absolute atomic E-state index is 2.41. The molecule has 2 unspecified atom stereocenters. The number of hydrogen-bond donors (Lipinski definition) is 0. The Balaban J connectivity index is 2.14. The molecule has 4 rings (SSSR count). The molecule has 2 aromatic rings. The molecule has 0 aliphatic heterocycles. The molecule has 2 atom stereocenters. The van der Waals surface area contributed by atoms with E-state index in [9.17, 15) is 0 Å². The van der Waals surface area contributed by atoms with Gasteiger partial charge in [0.1, 0.15) is 0 Å². The molecule has 17 heavy (non-hydrogen) atoms. The molecule has 0 spiro atoms. The molecule has 2 aromatic carbocycles. The summed E-state index contributed by atoms with van der Waals surface area (Å²) in [5.74, 6) is 1.48. The topological polar surface area (TPSA) is 0 Å². The van der Waals surface area contributed by atoms with Gasteiger partial charge in [-0.15, -0.1) is 0 Å². The first-order valence-electron chi connectivity index (χ1n) is 6.55. The molecule has 84 valence electrons. The van der Waals surface area contributed by atoms with Crippen LogP contribution in [0.4, 0.5) is 0 Å². The van der Waals surface area contributed by atoms with Gasteiger partial charge in [0.15, 0.2) is 0 Å². The molecule has 0 heteroatoms. The number of hydrogen-bond acceptors (Lipinski definition) is 0. The van der Waals surface area contributed by atoms with Crippen molar-refractivity contribution in [1.29, 1.82) is 0 Å². The van der Waals surface area contributed by atoms with Gasteiger partial charge in [-0.2, -0.15) is 0 Å². The van der Waals surface area contributed by atoms with Gasteiger partial charge in [-0.05, 0) is 46.2 Å². The minimum Gasteiger partial charge on any atom is -0.0763 e. The Morgan fingerprint density at radius 1 is 1.12 bits per heavy atom. The Morgan fingerprint density at radius 2 is 2.06 bits per heavy atom. The van der Waals surface area contributed by atoms with E-state index >= 15 is 0 Å². The molecule has 0 N–H and O–H groups in total. The summed E-state index contributed by atoms with van der Waals surface area (Å²) >= 11 is 0. The van der Waals surface area contributed by atoms with E-state index in [2.05, 4.69) is 49.4 Å². The van der Waals surface area contributed by atoms with Crippen molar-refractivity contribution in [3.05, 3.63) is 53.1 Å². The summed E-state index contributed by atoms with van der Waals surface area (Å²) in [5, 5.41) is 2.93. The molecule has 0 bridgehead atoms. The smallest absolute Gasteiger partial charge is 0.00330 e. The van der Waals surface area contributed by atoms with E-state index in [4.69, 9.17) is 0 Å². The summed E-state index contributed by atoms with van der Waals surface area (Å²) in [7, 11) is 0. The lowest BCUT2D eigenvalue weighted by atomic mass is 9.73. The molecule has 0 saturated heterocycles. The summed E-state index contributed by atoms with van der Waals surface area (Å²) in [4.78, 5) is 0. The van der Waals surface area contributed by atoms with Gasteiger partial charge in [-0.25, -0.2) is 0 Å². The van der Waals surface area contributed by atoms with Crippen LogP contribution in [-0.4, -0.2) is 0 Å². The second-order valence-corrected chi connectivity index (χ2v) is 5.59. The third-order valence-corrected chi connectivity index (χ3v) is 4.31. The summed E-state index contributed by atoms with van der Waals surface area (Å²) in [6.07, 6.45) is 7.30. The average molecular weight is 220 g/mol. The van der Waals surface area contributed by atoms with Crippen LogP contribution in [0.3, 0.4) is 0 Å². The van der Waals surface area contributed by atoms with Crippen molar-refractivity contribution >= 4 is 16.8 Å². The Bertz CT molecular complexity index is 634. The van der Waals surface area contributed by atoms with Crippen LogP contribution in [0.15, 0.2) is 36.4 Å². The SMILES string of the molecule is CC1Cc2ccc3cccc4c3c2C(C=C4)C1. The number of benzene rings is 2.